The van der Waals surface area contributed by atoms with Crippen molar-refractivity contribution in [2.45, 2.75) is 52.4 Å². The first-order chi connectivity index (χ1) is 7.76. The lowest BCUT2D eigenvalue weighted by Gasteiger charge is -2.18. The molecule has 0 saturated carbocycles. The molecule has 0 aliphatic heterocycles. The van der Waals surface area contributed by atoms with Crippen molar-refractivity contribution >= 4 is 5.69 Å². The van der Waals surface area contributed by atoms with Crippen LogP contribution in [-0.2, 0) is 6.42 Å². The van der Waals surface area contributed by atoms with Crippen LogP contribution >= 0.6 is 0 Å². The average molecular weight is 219 g/mol. The van der Waals surface area contributed by atoms with Crippen LogP contribution in [0.5, 0.6) is 0 Å². The number of rotatable bonds is 6. The van der Waals surface area contributed by atoms with Gasteiger partial charge in [-0.25, -0.2) is 0 Å². The van der Waals surface area contributed by atoms with Gasteiger partial charge in [-0.1, -0.05) is 39.3 Å². The fraction of sp³-hybridized carbons (Fsp3) is 0.600. The van der Waals surface area contributed by atoms with E-state index in [2.05, 4.69) is 44.3 Å². The van der Waals surface area contributed by atoms with E-state index < -0.39 is 0 Å². The third-order valence-corrected chi connectivity index (χ3v) is 3.35. The van der Waals surface area contributed by atoms with Crippen molar-refractivity contribution in [3.63, 3.8) is 0 Å². The molecule has 0 atom stereocenters. The molecule has 0 fully saturated rings. The molecule has 1 aromatic rings. The molecule has 1 nitrogen and oxygen atoms in total. The summed E-state index contributed by atoms with van der Waals surface area (Å²) in [4.78, 5) is 0. The minimum Gasteiger partial charge on any atom is -0.388 e. The second-order valence-electron chi connectivity index (χ2n) is 4.44. The van der Waals surface area contributed by atoms with Crippen molar-refractivity contribution in [2.24, 2.45) is 0 Å². The predicted molar refractivity (Wildman–Crippen MR) is 73.3 cm³/mol. The van der Waals surface area contributed by atoms with Crippen LogP contribution in [0.4, 0.5) is 5.69 Å². The summed E-state index contributed by atoms with van der Waals surface area (Å²) in [5.74, 6) is 0.693. The van der Waals surface area contributed by atoms with E-state index in [-0.39, 0.29) is 0 Å². The maximum absolute atomic E-state index is 3.34. The standard InChI is InChI=1S/C15H25N/c1-5-8-12-9-10-14(13(6-2)7-3)15(11-12)16-4/h9-11,13,16H,5-8H2,1-4H3. The van der Waals surface area contributed by atoms with Crippen molar-refractivity contribution in [1.29, 1.82) is 0 Å². The second-order valence-corrected chi connectivity index (χ2v) is 4.44. The van der Waals surface area contributed by atoms with E-state index in [1.165, 1.54) is 42.5 Å². The van der Waals surface area contributed by atoms with Gasteiger partial charge in [-0.3, -0.25) is 0 Å². The molecular formula is C15H25N. The first-order valence-corrected chi connectivity index (χ1v) is 6.57. The van der Waals surface area contributed by atoms with Crippen molar-refractivity contribution in [2.75, 3.05) is 12.4 Å². The monoisotopic (exact) mass is 219 g/mol. The molecule has 16 heavy (non-hydrogen) atoms. The molecule has 1 aromatic carbocycles. The molecule has 0 aromatic heterocycles. The van der Waals surface area contributed by atoms with Gasteiger partial charge in [0.25, 0.3) is 0 Å². The molecule has 0 spiro atoms. The van der Waals surface area contributed by atoms with Crippen molar-refractivity contribution < 1.29 is 0 Å². The molecule has 0 unspecified atom stereocenters. The Labute approximate surface area is 100 Å². The molecule has 0 aliphatic rings. The van der Waals surface area contributed by atoms with Crippen molar-refractivity contribution in [3.05, 3.63) is 29.3 Å². The molecule has 0 heterocycles. The summed E-state index contributed by atoms with van der Waals surface area (Å²) in [6.45, 7) is 6.77. The Kier molecular flexibility index (Phi) is 5.37. The number of aryl methyl sites for hydroxylation is 1. The Hall–Kier alpha value is -0.980. The Morgan fingerprint density at radius 1 is 1.12 bits per heavy atom. The van der Waals surface area contributed by atoms with Gasteiger partial charge in [-0.15, -0.1) is 0 Å². The number of anilines is 1. The average Bonchev–Trinajstić information content (AvgIpc) is 2.32. The van der Waals surface area contributed by atoms with E-state index in [0.29, 0.717) is 5.92 Å². The highest BCUT2D eigenvalue weighted by molar-refractivity contribution is 5.54. The van der Waals surface area contributed by atoms with E-state index in [4.69, 9.17) is 0 Å². The lowest BCUT2D eigenvalue weighted by molar-refractivity contribution is 0.643. The lowest BCUT2D eigenvalue weighted by Crippen LogP contribution is -2.02. The summed E-state index contributed by atoms with van der Waals surface area (Å²) in [7, 11) is 2.02. The first-order valence-electron chi connectivity index (χ1n) is 6.57. The van der Waals surface area contributed by atoms with Crippen LogP contribution in [0.1, 0.15) is 57.1 Å². The highest BCUT2D eigenvalue weighted by Crippen LogP contribution is 2.30. The Morgan fingerprint density at radius 3 is 2.31 bits per heavy atom. The summed E-state index contributed by atoms with van der Waals surface area (Å²) >= 11 is 0. The highest BCUT2D eigenvalue weighted by Gasteiger charge is 2.11. The second kappa shape index (κ2) is 6.57. The van der Waals surface area contributed by atoms with E-state index in [9.17, 15) is 0 Å². The van der Waals surface area contributed by atoms with Crippen LogP contribution in [-0.4, -0.2) is 7.05 Å². The van der Waals surface area contributed by atoms with Gasteiger partial charge in [0.1, 0.15) is 0 Å². The van der Waals surface area contributed by atoms with Gasteiger partial charge >= 0.3 is 0 Å². The smallest absolute Gasteiger partial charge is 0.0375 e. The largest absolute Gasteiger partial charge is 0.388 e. The molecule has 0 bridgehead atoms. The third kappa shape index (κ3) is 3.01. The van der Waals surface area contributed by atoms with Gasteiger partial charge in [0.2, 0.25) is 0 Å². The zero-order valence-electron chi connectivity index (χ0n) is 11.1. The third-order valence-electron chi connectivity index (χ3n) is 3.35. The zero-order chi connectivity index (χ0) is 12.0. The van der Waals surface area contributed by atoms with Gasteiger partial charge in [0.05, 0.1) is 0 Å². The minimum absolute atomic E-state index is 0.693. The van der Waals surface area contributed by atoms with Crippen molar-refractivity contribution in [3.8, 4) is 0 Å². The Balaban J connectivity index is 3.00. The van der Waals surface area contributed by atoms with Crippen LogP contribution in [0.3, 0.4) is 0 Å². The first kappa shape index (κ1) is 13.1. The van der Waals surface area contributed by atoms with E-state index >= 15 is 0 Å². The van der Waals surface area contributed by atoms with E-state index in [1.54, 1.807) is 0 Å². The van der Waals surface area contributed by atoms with Crippen LogP contribution < -0.4 is 5.32 Å². The summed E-state index contributed by atoms with van der Waals surface area (Å²) < 4.78 is 0. The van der Waals surface area contributed by atoms with Crippen LogP contribution in [0.2, 0.25) is 0 Å². The molecule has 1 N–H and O–H groups in total. The molecule has 1 rings (SSSR count). The number of nitrogens with one attached hydrogen (secondary N) is 1. The lowest BCUT2D eigenvalue weighted by atomic mass is 9.91. The summed E-state index contributed by atoms with van der Waals surface area (Å²) in [5, 5.41) is 3.34. The molecular weight excluding hydrogens is 194 g/mol. The Morgan fingerprint density at radius 2 is 1.81 bits per heavy atom. The van der Waals surface area contributed by atoms with Crippen LogP contribution in [0.25, 0.3) is 0 Å². The topological polar surface area (TPSA) is 12.0 Å². The van der Waals surface area contributed by atoms with Crippen LogP contribution in [0, 0.1) is 0 Å². The highest BCUT2D eigenvalue weighted by atomic mass is 14.8. The normalized spacial score (nSPS) is 10.8. The molecule has 0 amide bonds. The summed E-state index contributed by atoms with van der Waals surface area (Å²) in [6, 6.07) is 6.92. The summed E-state index contributed by atoms with van der Waals surface area (Å²) in [6.07, 6.45) is 4.84. The molecule has 90 valence electrons. The molecule has 0 radical (unpaired) electrons. The van der Waals surface area contributed by atoms with E-state index in [0.717, 1.165) is 0 Å². The SMILES string of the molecule is CCCc1ccc(C(CC)CC)c(NC)c1. The predicted octanol–water partition coefficient (Wildman–Crippen LogP) is 4.58. The van der Waals surface area contributed by atoms with E-state index in [1.807, 2.05) is 7.05 Å². The number of hydrogen-bond acceptors (Lipinski definition) is 1. The van der Waals surface area contributed by atoms with Gasteiger partial charge < -0.3 is 5.32 Å². The summed E-state index contributed by atoms with van der Waals surface area (Å²) in [5.41, 5.74) is 4.24. The van der Waals surface area contributed by atoms with Crippen LogP contribution in [0.15, 0.2) is 18.2 Å². The van der Waals surface area contributed by atoms with Crippen molar-refractivity contribution in [1.82, 2.24) is 0 Å². The zero-order valence-corrected chi connectivity index (χ0v) is 11.1. The quantitative estimate of drug-likeness (QED) is 0.738. The fourth-order valence-corrected chi connectivity index (χ4v) is 2.35. The fourth-order valence-electron chi connectivity index (χ4n) is 2.35. The van der Waals surface area contributed by atoms with Gasteiger partial charge in [0.15, 0.2) is 0 Å². The molecule has 0 aliphatic carbocycles. The number of hydrogen-bond donors (Lipinski definition) is 1. The minimum atomic E-state index is 0.693. The van der Waals surface area contributed by atoms with Gasteiger partial charge in [0, 0.05) is 12.7 Å². The van der Waals surface area contributed by atoms with Gasteiger partial charge in [-0.05, 0) is 42.4 Å². The maximum Gasteiger partial charge on any atom is 0.0375 e. The molecule has 0 saturated heterocycles. The Bertz CT molecular complexity index is 313. The maximum atomic E-state index is 3.34. The molecule has 1 heteroatoms. The number of benzene rings is 1. The van der Waals surface area contributed by atoms with Gasteiger partial charge in [-0.2, -0.15) is 0 Å².